The molecule has 0 aliphatic heterocycles. The van der Waals surface area contributed by atoms with Crippen molar-refractivity contribution >= 4 is 16.7 Å². The predicted molar refractivity (Wildman–Crippen MR) is 97.8 cm³/mol. The van der Waals surface area contributed by atoms with Crippen molar-refractivity contribution in [2.45, 2.75) is 20.8 Å². The zero-order chi connectivity index (χ0) is 17.5. The van der Waals surface area contributed by atoms with E-state index in [1.165, 1.54) is 30.9 Å². The molecule has 0 atom stereocenters. The molecule has 0 amide bonds. The molecular weight excluding hydrogens is 490 g/mol. The molecule has 25 heavy (non-hydrogen) atoms. The van der Waals surface area contributed by atoms with E-state index < -0.39 is 0 Å². The first-order valence-corrected chi connectivity index (χ1v) is 7.68. The van der Waals surface area contributed by atoms with E-state index in [1.54, 1.807) is 0 Å². The Labute approximate surface area is 161 Å². The van der Waals surface area contributed by atoms with Gasteiger partial charge in [-0.3, -0.25) is 9.78 Å². The summed E-state index contributed by atoms with van der Waals surface area (Å²) in [4.78, 5) is 14.7. The first-order valence-electron chi connectivity index (χ1n) is 7.68. The Morgan fingerprint density at radius 1 is 1.08 bits per heavy atom. The largest absolute Gasteiger partial charge is 0.512 e. The van der Waals surface area contributed by atoms with Gasteiger partial charge in [0.15, 0.2) is 5.78 Å². The van der Waals surface area contributed by atoms with Gasteiger partial charge >= 0.3 is 0 Å². The van der Waals surface area contributed by atoms with Crippen LogP contribution in [-0.4, -0.2) is 15.9 Å². The second-order valence-electron chi connectivity index (χ2n) is 5.51. The number of pyridine rings is 1. The molecule has 1 N–H and O–H groups in total. The number of carbonyl (C=O) groups excluding carboxylic acids is 1. The summed E-state index contributed by atoms with van der Waals surface area (Å²) in [6.07, 6.45) is 1.17. The number of benzene rings is 2. The summed E-state index contributed by atoms with van der Waals surface area (Å²) < 4.78 is 0. The first kappa shape index (κ1) is 20.8. The SMILES string of the molecule is CC(=O)/C=C(/C)O.Cc1ccc[c-]c1-c1ccc2ccccc2n1.[Ir]. The van der Waals surface area contributed by atoms with Crippen LogP contribution < -0.4 is 0 Å². The molecule has 0 saturated heterocycles. The van der Waals surface area contributed by atoms with Gasteiger partial charge in [0.1, 0.15) is 0 Å². The number of para-hydroxylation sites is 1. The molecule has 0 spiro atoms. The fourth-order valence-electron chi connectivity index (χ4n) is 2.30. The molecule has 1 heterocycles. The number of aliphatic hydroxyl groups excluding tert-OH is 1. The number of carbonyl (C=O) groups is 1. The van der Waals surface area contributed by atoms with Crippen LogP contribution in [0, 0.1) is 13.0 Å². The minimum atomic E-state index is -0.125. The number of fused-ring (bicyclic) bond motifs is 1. The summed E-state index contributed by atoms with van der Waals surface area (Å²) in [5.74, 6) is -0.0625. The predicted octanol–water partition coefficient (Wildman–Crippen LogP) is 5.05. The van der Waals surface area contributed by atoms with Crippen molar-refractivity contribution in [1.29, 1.82) is 0 Å². The third-order valence-electron chi connectivity index (χ3n) is 3.33. The molecule has 0 saturated carbocycles. The molecule has 131 valence electrons. The zero-order valence-corrected chi connectivity index (χ0v) is 16.8. The van der Waals surface area contributed by atoms with Crippen LogP contribution in [0.4, 0.5) is 0 Å². The Morgan fingerprint density at radius 2 is 1.80 bits per heavy atom. The third kappa shape index (κ3) is 6.26. The number of hydrogen-bond donors (Lipinski definition) is 1. The van der Waals surface area contributed by atoms with E-state index in [1.807, 2.05) is 30.3 Å². The molecular formula is C21H20IrNO2-. The van der Waals surface area contributed by atoms with Crippen LogP contribution in [0.15, 0.2) is 66.4 Å². The van der Waals surface area contributed by atoms with Crippen LogP contribution >= 0.6 is 0 Å². The van der Waals surface area contributed by atoms with Crippen molar-refractivity contribution in [1.82, 2.24) is 4.98 Å². The van der Waals surface area contributed by atoms with Gasteiger partial charge in [-0.05, 0) is 31.0 Å². The van der Waals surface area contributed by atoms with E-state index in [9.17, 15) is 4.79 Å². The van der Waals surface area contributed by atoms with Gasteiger partial charge in [-0.2, -0.15) is 0 Å². The molecule has 1 aromatic heterocycles. The molecule has 3 aromatic rings. The molecule has 0 bridgehead atoms. The fraction of sp³-hybridized carbons (Fsp3) is 0.143. The van der Waals surface area contributed by atoms with E-state index in [-0.39, 0.29) is 31.6 Å². The normalized spacial score (nSPS) is 10.4. The average Bonchev–Trinajstić information content (AvgIpc) is 2.54. The molecule has 4 heteroatoms. The third-order valence-corrected chi connectivity index (χ3v) is 3.33. The molecule has 0 fully saturated rings. The number of ketones is 1. The number of rotatable bonds is 2. The second kappa shape index (κ2) is 9.87. The van der Waals surface area contributed by atoms with E-state index in [2.05, 4.69) is 42.2 Å². The van der Waals surface area contributed by atoms with Crippen LogP contribution in [-0.2, 0) is 24.9 Å². The minimum absolute atomic E-state index is 0. The number of allylic oxidation sites excluding steroid dienone is 2. The van der Waals surface area contributed by atoms with Gasteiger partial charge in [0.05, 0.1) is 11.3 Å². The van der Waals surface area contributed by atoms with Gasteiger partial charge in [-0.1, -0.05) is 37.3 Å². The molecule has 0 aliphatic carbocycles. The maximum atomic E-state index is 10.0. The maximum Gasteiger partial charge on any atom is 0.155 e. The fourth-order valence-corrected chi connectivity index (χ4v) is 2.30. The zero-order valence-electron chi connectivity index (χ0n) is 14.4. The minimum Gasteiger partial charge on any atom is -0.512 e. The van der Waals surface area contributed by atoms with Crippen molar-refractivity contribution in [2.75, 3.05) is 0 Å². The van der Waals surface area contributed by atoms with Gasteiger partial charge in [-0.15, -0.1) is 35.4 Å². The van der Waals surface area contributed by atoms with Gasteiger partial charge in [0.2, 0.25) is 0 Å². The Balaban J connectivity index is 0.000000339. The summed E-state index contributed by atoms with van der Waals surface area (Å²) in [6.45, 7) is 4.93. The van der Waals surface area contributed by atoms with Crippen LogP contribution in [0.5, 0.6) is 0 Å². The molecule has 0 unspecified atom stereocenters. The number of aryl methyl sites for hydroxylation is 1. The van der Waals surface area contributed by atoms with E-state index >= 15 is 0 Å². The van der Waals surface area contributed by atoms with E-state index in [4.69, 9.17) is 5.11 Å². The molecule has 1 radical (unpaired) electrons. The first-order chi connectivity index (χ1) is 11.5. The number of hydrogen-bond acceptors (Lipinski definition) is 3. The van der Waals surface area contributed by atoms with E-state index in [0.29, 0.717) is 0 Å². The summed E-state index contributed by atoms with van der Waals surface area (Å²) in [6, 6.07) is 21.6. The van der Waals surface area contributed by atoms with Crippen LogP contribution in [0.3, 0.4) is 0 Å². The molecule has 2 aromatic carbocycles. The van der Waals surface area contributed by atoms with Crippen molar-refractivity contribution in [3.63, 3.8) is 0 Å². The van der Waals surface area contributed by atoms with Gasteiger partial charge < -0.3 is 5.11 Å². The Morgan fingerprint density at radius 3 is 2.40 bits per heavy atom. The maximum absolute atomic E-state index is 10.0. The van der Waals surface area contributed by atoms with Gasteiger partial charge in [0, 0.05) is 26.2 Å². The van der Waals surface area contributed by atoms with Crippen molar-refractivity contribution in [2.24, 2.45) is 0 Å². The van der Waals surface area contributed by atoms with Gasteiger partial charge in [-0.25, -0.2) is 0 Å². The Hall–Kier alpha value is -2.29. The topological polar surface area (TPSA) is 50.2 Å². The summed E-state index contributed by atoms with van der Waals surface area (Å²) >= 11 is 0. The Bertz CT molecular complexity index is 884. The van der Waals surface area contributed by atoms with Gasteiger partial charge in [0.25, 0.3) is 0 Å². The second-order valence-corrected chi connectivity index (χ2v) is 5.51. The number of nitrogens with zero attached hydrogens (tertiary/aromatic N) is 1. The van der Waals surface area contributed by atoms with Crippen LogP contribution in [0.2, 0.25) is 0 Å². The summed E-state index contributed by atoms with van der Waals surface area (Å²) in [5.41, 5.74) is 4.30. The average molecular weight is 511 g/mol. The molecule has 3 rings (SSSR count). The standard InChI is InChI=1S/C16H12N.C5H8O2.Ir/c1-12-6-2-4-8-14(12)16-11-10-13-7-3-5-9-15(13)17-16;1-4(6)3-5(2)7;/h2-7,9-11H,1H3;3,6H,1-2H3;/q-1;;/b;4-3-;. The molecule has 3 nitrogen and oxygen atoms in total. The van der Waals surface area contributed by atoms with Crippen molar-refractivity contribution < 1.29 is 30.0 Å². The Kier molecular flexibility index (Phi) is 8.20. The van der Waals surface area contributed by atoms with Crippen LogP contribution in [0.25, 0.3) is 22.2 Å². The summed E-state index contributed by atoms with van der Waals surface area (Å²) in [5, 5.41) is 9.53. The number of aliphatic hydroxyl groups is 1. The smallest absolute Gasteiger partial charge is 0.155 e. The van der Waals surface area contributed by atoms with Crippen molar-refractivity contribution in [3.05, 3.63) is 78.1 Å². The monoisotopic (exact) mass is 511 g/mol. The molecule has 0 aliphatic rings. The van der Waals surface area contributed by atoms with E-state index in [0.717, 1.165) is 16.8 Å². The van der Waals surface area contributed by atoms with Crippen molar-refractivity contribution in [3.8, 4) is 11.3 Å². The van der Waals surface area contributed by atoms with Crippen LogP contribution in [0.1, 0.15) is 19.4 Å². The summed E-state index contributed by atoms with van der Waals surface area (Å²) in [7, 11) is 0. The number of aromatic nitrogens is 1. The quantitative estimate of drug-likeness (QED) is 0.298.